The number of nitrogens with zero attached hydrogens (tertiary/aromatic N) is 2. The number of aromatic nitrogens is 2. The van der Waals surface area contributed by atoms with Crippen molar-refractivity contribution in [2.45, 2.75) is 18.0 Å². The quantitative estimate of drug-likeness (QED) is 0.443. The van der Waals surface area contributed by atoms with Gasteiger partial charge in [0.1, 0.15) is 4.83 Å². The van der Waals surface area contributed by atoms with Gasteiger partial charge in [-0.2, -0.15) is 18.3 Å². The van der Waals surface area contributed by atoms with Gasteiger partial charge in [0.05, 0.1) is 26.7 Å². The van der Waals surface area contributed by atoms with Crippen LogP contribution < -0.4 is 5.32 Å². The summed E-state index contributed by atoms with van der Waals surface area (Å²) >= 11 is 1.10. The molecule has 4 aromatic rings. The van der Waals surface area contributed by atoms with Crippen LogP contribution in [0.15, 0.2) is 59.5 Å². The van der Waals surface area contributed by atoms with Crippen molar-refractivity contribution in [1.29, 1.82) is 0 Å². The van der Waals surface area contributed by atoms with E-state index in [0.29, 0.717) is 26.5 Å². The molecule has 2 heterocycles. The van der Waals surface area contributed by atoms with Crippen LogP contribution in [-0.4, -0.2) is 30.4 Å². The number of fused-ring (bicyclic) bond motifs is 1. The third-order valence-corrected chi connectivity index (χ3v) is 6.96. The van der Waals surface area contributed by atoms with Crippen molar-refractivity contribution in [3.05, 3.63) is 70.7 Å². The number of anilines is 1. The largest absolute Gasteiger partial charge is 0.416 e. The second kappa shape index (κ2) is 7.75. The Kier molecular flexibility index (Phi) is 5.33. The summed E-state index contributed by atoms with van der Waals surface area (Å²) in [6.45, 7) is 1.71. The van der Waals surface area contributed by atoms with Gasteiger partial charge >= 0.3 is 6.18 Å². The summed E-state index contributed by atoms with van der Waals surface area (Å²) in [6.07, 6.45) is -3.39. The van der Waals surface area contributed by atoms with Crippen LogP contribution in [-0.2, 0) is 16.0 Å². The number of halogens is 3. The van der Waals surface area contributed by atoms with Crippen molar-refractivity contribution >= 4 is 43.0 Å². The first-order chi connectivity index (χ1) is 14.9. The molecule has 0 aliphatic rings. The summed E-state index contributed by atoms with van der Waals surface area (Å²) < 4.78 is 63.8. The highest BCUT2D eigenvalue weighted by molar-refractivity contribution is 7.90. The van der Waals surface area contributed by atoms with Gasteiger partial charge in [-0.05, 0) is 55.5 Å². The maximum atomic E-state index is 13.1. The second-order valence-corrected chi connectivity index (χ2v) is 10.2. The highest BCUT2D eigenvalue weighted by Gasteiger charge is 2.31. The monoisotopic (exact) mass is 479 g/mol. The van der Waals surface area contributed by atoms with Crippen molar-refractivity contribution < 1.29 is 26.4 Å². The summed E-state index contributed by atoms with van der Waals surface area (Å²) in [7, 11) is -3.35. The molecule has 0 unspecified atom stereocenters. The van der Waals surface area contributed by atoms with E-state index >= 15 is 0 Å². The highest BCUT2D eigenvalue weighted by Crippen LogP contribution is 2.34. The maximum absolute atomic E-state index is 13.1. The number of alkyl halides is 3. The van der Waals surface area contributed by atoms with Gasteiger partial charge < -0.3 is 5.32 Å². The summed E-state index contributed by atoms with van der Waals surface area (Å²) in [6, 6.07) is 12.2. The minimum Gasteiger partial charge on any atom is -0.321 e. The number of amides is 1. The molecule has 11 heteroatoms. The molecule has 1 N–H and O–H groups in total. The number of hydrogen-bond donors (Lipinski definition) is 1. The number of sulfone groups is 1. The van der Waals surface area contributed by atoms with Gasteiger partial charge in [-0.15, -0.1) is 11.3 Å². The summed E-state index contributed by atoms with van der Waals surface area (Å²) in [5.41, 5.74) is 0.438. The van der Waals surface area contributed by atoms with E-state index in [1.807, 2.05) is 0 Å². The Balaban J connectivity index is 1.66. The fraction of sp³-hybridized carbons (Fsp3) is 0.143. The van der Waals surface area contributed by atoms with E-state index in [1.165, 1.54) is 41.1 Å². The van der Waals surface area contributed by atoms with Gasteiger partial charge in [-0.25, -0.2) is 13.1 Å². The molecule has 0 radical (unpaired) electrons. The molecule has 2 aromatic heterocycles. The first kappa shape index (κ1) is 22.0. The van der Waals surface area contributed by atoms with Gasteiger partial charge in [0.2, 0.25) is 0 Å². The molecule has 0 atom stereocenters. The van der Waals surface area contributed by atoms with Crippen LogP contribution in [0, 0.1) is 6.92 Å². The molecule has 0 aliphatic heterocycles. The van der Waals surface area contributed by atoms with Crippen molar-refractivity contribution in [3.8, 4) is 5.69 Å². The van der Waals surface area contributed by atoms with E-state index in [9.17, 15) is 26.4 Å². The third-order valence-electron chi connectivity index (χ3n) is 4.73. The van der Waals surface area contributed by atoms with Crippen LogP contribution in [0.4, 0.5) is 18.9 Å². The molecule has 0 aliphatic carbocycles. The zero-order chi connectivity index (χ0) is 23.3. The van der Waals surface area contributed by atoms with Gasteiger partial charge in [-0.1, -0.05) is 6.07 Å². The Morgan fingerprint density at radius 3 is 2.41 bits per heavy atom. The van der Waals surface area contributed by atoms with Gasteiger partial charge in [0.25, 0.3) is 5.91 Å². The number of rotatable bonds is 4. The van der Waals surface area contributed by atoms with Gasteiger partial charge in [-0.3, -0.25) is 4.79 Å². The lowest BCUT2D eigenvalue weighted by Crippen LogP contribution is -2.10. The number of nitrogens with one attached hydrogen (secondary N) is 1. The molecule has 166 valence electrons. The smallest absolute Gasteiger partial charge is 0.321 e. The molecule has 0 bridgehead atoms. The SMILES string of the molecule is Cc1nn(-c2cccc(C(F)(F)F)c2)c2sc(C(=O)Nc3ccc(S(C)(=O)=O)cc3)cc12. The summed E-state index contributed by atoms with van der Waals surface area (Å²) in [5.74, 6) is -0.423. The Hall–Kier alpha value is -3.18. The fourth-order valence-corrected chi connectivity index (χ4v) is 4.83. The molecule has 0 saturated heterocycles. The number of carbonyl (C=O) groups excluding carboxylic acids is 1. The maximum Gasteiger partial charge on any atom is 0.416 e. The van der Waals surface area contributed by atoms with Crippen LogP contribution >= 0.6 is 11.3 Å². The number of aryl methyl sites for hydroxylation is 1. The number of thiophene rings is 1. The zero-order valence-corrected chi connectivity index (χ0v) is 18.4. The van der Waals surface area contributed by atoms with E-state index in [4.69, 9.17) is 0 Å². The fourth-order valence-electron chi connectivity index (χ4n) is 3.13. The average Bonchev–Trinajstić information content (AvgIpc) is 3.28. The average molecular weight is 480 g/mol. The Morgan fingerprint density at radius 2 is 1.78 bits per heavy atom. The number of hydrogen-bond acceptors (Lipinski definition) is 5. The van der Waals surface area contributed by atoms with Gasteiger partial charge in [0, 0.05) is 17.3 Å². The van der Waals surface area contributed by atoms with Crippen molar-refractivity contribution in [2.24, 2.45) is 0 Å². The van der Waals surface area contributed by atoms with E-state index in [2.05, 4.69) is 10.4 Å². The molecular formula is C21H16F3N3O3S2. The molecule has 0 fully saturated rings. The lowest BCUT2D eigenvalue weighted by molar-refractivity contribution is -0.137. The predicted molar refractivity (Wildman–Crippen MR) is 116 cm³/mol. The van der Waals surface area contributed by atoms with Crippen molar-refractivity contribution in [3.63, 3.8) is 0 Å². The summed E-state index contributed by atoms with van der Waals surface area (Å²) in [4.78, 5) is 13.7. The first-order valence-corrected chi connectivity index (χ1v) is 11.9. The number of carbonyl (C=O) groups is 1. The summed E-state index contributed by atoms with van der Waals surface area (Å²) in [5, 5.41) is 7.68. The minimum atomic E-state index is -4.48. The number of benzene rings is 2. The minimum absolute atomic E-state index is 0.133. The van der Waals surface area contributed by atoms with Crippen LogP contribution in [0.5, 0.6) is 0 Å². The second-order valence-electron chi connectivity index (χ2n) is 7.13. The molecule has 4 rings (SSSR count). The van der Waals surface area contributed by atoms with Gasteiger partial charge in [0.15, 0.2) is 9.84 Å². The van der Waals surface area contributed by atoms with Crippen LogP contribution in [0.3, 0.4) is 0 Å². The van der Waals surface area contributed by atoms with E-state index in [-0.39, 0.29) is 10.6 Å². The third kappa shape index (κ3) is 4.26. The van der Waals surface area contributed by atoms with E-state index in [1.54, 1.807) is 13.0 Å². The van der Waals surface area contributed by atoms with Crippen LogP contribution in [0.2, 0.25) is 0 Å². The van der Waals surface area contributed by atoms with E-state index < -0.39 is 27.5 Å². The molecular weight excluding hydrogens is 463 g/mol. The molecule has 0 spiro atoms. The molecule has 1 amide bonds. The van der Waals surface area contributed by atoms with Crippen molar-refractivity contribution in [2.75, 3.05) is 11.6 Å². The standard InChI is InChI=1S/C21H16F3N3O3S2/c1-12-17-11-18(19(28)25-14-6-8-16(9-7-14)32(2,29)30)31-20(17)27(26-12)15-5-3-4-13(10-15)21(22,23)24/h3-11H,1-2H3,(H,25,28). The predicted octanol–water partition coefficient (Wildman–Crippen LogP) is 5.07. The lowest BCUT2D eigenvalue weighted by atomic mass is 10.2. The van der Waals surface area contributed by atoms with E-state index in [0.717, 1.165) is 29.7 Å². The first-order valence-electron chi connectivity index (χ1n) is 9.22. The Bertz CT molecular complexity index is 1440. The highest BCUT2D eigenvalue weighted by atomic mass is 32.2. The Labute approximate surface area is 185 Å². The normalized spacial score (nSPS) is 12.3. The molecule has 0 saturated carbocycles. The van der Waals surface area contributed by atoms with Crippen LogP contribution in [0.1, 0.15) is 20.9 Å². The molecule has 2 aromatic carbocycles. The lowest BCUT2D eigenvalue weighted by Gasteiger charge is -2.09. The zero-order valence-electron chi connectivity index (χ0n) is 16.8. The molecule has 6 nitrogen and oxygen atoms in total. The Morgan fingerprint density at radius 1 is 1.09 bits per heavy atom. The van der Waals surface area contributed by atoms with Crippen LogP contribution in [0.25, 0.3) is 15.9 Å². The molecule has 32 heavy (non-hydrogen) atoms. The van der Waals surface area contributed by atoms with Crippen molar-refractivity contribution in [1.82, 2.24) is 9.78 Å². The topological polar surface area (TPSA) is 81.1 Å².